The van der Waals surface area contributed by atoms with Gasteiger partial charge in [0.15, 0.2) is 0 Å². The van der Waals surface area contributed by atoms with E-state index in [1.165, 1.54) is 6.07 Å². The predicted octanol–water partition coefficient (Wildman–Crippen LogP) is 5.34. The van der Waals surface area contributed by atoms with Gasteiger partial charge < -0.3 is 0 Å². The summed E-state index contributed by atoms with van der Waals surface area (Å²) in [7, 11) is 0. The molecule has 0 N–H and O–H groups in total. The Hall–Kier alpha value is -2.26. The van der Waals surface area contributed by atoms with Crippen LogP contribution >= 0.6 is 11.6 Å². The first-order valence-electron chi connectivity index (χ1n) is 8.01. The summed E-state index contributed by atoms with van der Waals surface area (Å²) < 4.78 is 14.1. The Labute approximate surface area is 145 Å². The molecule has 1 aromatic carbocycles. The maximum absolute atomic E-state index is 14.1. The molecule has 3 aromatic rings. The highest BCUT2D eigenvalue weighted by Gasteiger charge is 2.26. The van der Waals surface area contributed by atoms with Crippen molar-refractivity contribution in [2.24, 2.45) is 0 Å². The van der Waals surface area contributed by atoms with E-state index in [0.717, 1.165) is 45.6 Å². The fraction of sp³-hybridized carbons (Fsp3) is 0.200. The summed E-state index contributed by atoms with van der Waals surface area (Å²) in [6, 6.07) is 9.06. The van der Waals surface area contributed by atoms with Crippen molar-refractivity contribution in [3.05, 3.63) is 76.5 Å². The van der Waals surface area contributed by atoms with Gasteiger partial charge in [-0.3, -0.25) is 9.97 Å². The molecule has 0 saturated carbocycles. The summed E-state index contributed by atoms with van der Waals surface area (Å²) in [4.78, 5) is 9.05. The van der Waals surface area contributed by atoms with Crippen molar-refractivity contribution in [2.75, 3.05) is 0 Å². The second kappa shape index (κ2) is 5.99. The molecule has 0 fully saturated rings. The van der Waals surface area contributed by atoms with Gasteiger partial charge in [0.2, 0.25) is 0 Å². The van der Waals surface area contributed by atoms with E-state index in [9.17, 15) is 4.39 Å². The molecule has 1 aliphatic rings. The predicted molar refractivity (Wildman–Crippen MR) is 95.8 cm³/mol. The van der Waals surface area contributed by atoms with Gasteiger partial charge in [-0.15, -0.1) is 0 Å². The van der Waals surface area contributed by atoms with Gasteiger partial charge >= 0.3 is 0 Å². The molecule has 1 atom stereocenters. The average molecular weight is 339 g/mol. The minimum Gasteiger partial charge on any atom is -0.258 e. The van der Waals surface area contributed by atoms with E-state index in [-0.39, 0.29) is 11.7 Å². The molecule has 120 valence electrons. The summed E-state index contributed by atoms with van der Waals surface area (Å²) in [5.41, 5.74) is 4.44. The van der Waals surface area contributed by atoms with Crippen molar-refractivity contribution >= 4 is 28.6 Å². The zero-order valence-corrected chi connectivity index (χ0v) is 13.9. The van der Waals surface area contributed by atoms with Crippen LogP contribution in [-0.2, 0) is 12.8 Å². The number of fused-ring (bicyclic) bond motifs is 2. The van der Waals surface area contributed by atoms with Gasteiger partial charge in [0.25, 0.3) is 0 Å². The Morgan fingerprint density at radius 1 is 1.29 bits per heavy atom. The lowest BCUT2D eigenvalue weighted by molar-refractivity contribution is 0.513. The lowest BCUT2D eigenvalue weighted by Crippen LogP contribution is -2.17. The molecule has 0 aliphatic heterocycles. The summed E-state index contributed by atoms with van der Waals surface area (Å²) in [5, 5.41) is 1.73. The molecule has 0 spiro atoms. The molecular weight excluding hydrogens is 323 g/mol. The number of nitrogens with zero attached hydrogens (tertiary/aromatic N) is 2. The molecule has 2 aromatic heterocycles. The Balaban J connectivity index is 1.80. The summed E-state index contributed by atoms with van der Waals surface area (Å²) >= 11 is 6.62. The fourth-order valence-electron chi connectivity index (χ4n) is 3.46. The Morgan fingerprint density at radius 2 is 2.17 bits per heavy atom. The number of aromatic nitrogens is 2. The molecule has 4 rings (SSSR count). The van der Waals surface area contributed by atoms with Crippen LogP contribution in [0.25, 0.3) is 17.0 Å². The van der Waals surface area contributed by atoms with Crippen LogP contribution < -0.4 is 0 Å². The van der Waals surface area contributed by atoms with Crippen molar-refractivity contribution in [1.82, 2.24) is 9.97 Å². The zero-order valence-electron chi connectivity index (χ0n) is 13.1. The van der Waals surface area contributed by atoms with Crippen LogP contribution in [-0.4, -0.2) is 9.97 Å². The van der Waals surface area contributed by atoms with E-state index in [1.54, 1.807) is 18.3 Å². The van der Waals surface area contributed by atoms with Gasteiger partial charge in [-0.2, -0.15) is 0 Å². The van der Waals surface area contributed by atoms with Crippen LogP contribution in [0.4, 0.5) is 4.39 Å². The quantitative estimate of drug-likeness (QED) is 0.630. The van der Waals surface area contributed by atoms with Crippen molar-refractivity contribution in [1.29, 1.82) is 0 Å². The second-order valence-electron chi connectivity index (χ2n) is 6.14. The van der Waals surface area contributed by atoms with E-state index in [0.29, 0.717) is 12.1 Å². The monoisotopic (exact) mass is 338 g/mol. The van der Waals surface area contributed by atoms with Crippen LogP contribution in [0, 0.1) is 5.82 Å². The Morgan fingerprint density at radius 3 is 2.96 bits per heavy atom. The first-order valence-corrected chi connectivity index (χ1v) is 8.39. The van der Waals surface area contributed by atoms with Gasteiger partial charge in [0.05, 0.1) is 16.2 Å². The van der Waals surface area contributed by atoms with Gasteiger partial charge in [-0.05, 0) is 48.6 Å². The third-order valence-electron chi connectivity index (χ3n) is 4.72. The van der Waals surface area contributed by atoms with Gasteiger partial charge in [-0.1, -0.05) is 36.4 Å². The van der Waals surface area contributed by atoms with Crippen molar-refractivity contribution in [2.45, 2.75) is 25.2 Å². The zero-order chi connectivity index (χ0) is 16.7. The topological polar surface area (TPSA) is 25.8 Å². The lowest BCUT2D eigenvalue weighted by Gasteiger charge is -2.25. The average Bonchev–Trinajstić information content (AvgIpc) is 2.61. The molecule has 1 aliphatic carbocycles. The normalized spacial score (nSPS) is 16.8. The van der Waals surface area contributed by atoms with E-state index in [4.69, 9.17) is 16.6 Å². The molecule has 24 heavy (non-hydrogen) atoms. The highest BCUT2D eigenvalue weighted by atomic mass is 35.5. The standard InChI is InChI=1S/C20H16ClFN2/c1-2-12-5-7-14-17(10-12)24-18-11-13(6-8-15(18)19(14)21)20-16(22)4-3-9-23-20/h2-5,7,9-10,13H,1,6,8,11H2. The van der Waals surface area contributed by atoms with Gasteiger partial charge in [0.1, 0.15) is 5.82 Å². The number of benzene rings is 1. The largest absolute Gasteiger partial charge is 0.258 e. The summed E-state index contributed by atoms with van der Waals surface area (Å²) in [6.45, 7) is 3.80. The molecule has 4 heteroatoms. The van der Waals surface area contributed by atoms with Crippen molar-refractivity contribution < 1.29 is 4.39 Å². The van der Waals surface area contributed by atoms with Crippen LogP contribution in [0.15, 0.2) is 43.1 Å². The van der Waals surface area contributed by atoms with E-state index in [1.807, 2.05) is 18.2 Å². The molecule has 0 bridgehead atoms. The van der Waals surface area contributed by atoms with Crippen LogP contribution in [0.5, 0.6) is 0 Å². The van der Waals surface area contributed by atoms with E-state index in [2.05, 4.69) is 11.6 Å². The van der Waals surface area contributed by atoms with Crippen LogP contribution in [0.1, 0.15) is 34.9 Å². The number of rotatable bonds is 2. The highest BCUT2D eigenvalue weighted by molar-refractivity contribution is 6.36. The Kier molecular flexibility index (Phi) is 3.81. The molecular formula is C20H16ClFN2. The maximum atomic E-state index is 14.1. The minimum atomic E-state index is -0.244. The maximum Gasteiger partial charge on any atom is 0.144 e. The third kappa shape index (κ3) is 2.49. The molecule has 2 nitrogen and oxygen atoms in total. The first kappa shape index (κ1) is 15.3. The number of halogens is 2. The highest BCUT2D eigenvalue weighted by Crippen LogP contribution is 2.38. The van der Waals surface area contributed by atoms with E-state index < -0.39 is 0 Å². The molecule has 2 heterocycles. The van der Waals surface area contributed by atoms with Crippen LogP contribution in [0.3, 0.4) is 0 Å². The Bertz CT molecular complexity index is 952. The van der Waals surface area contributed by atoms with Crippen molar-refractivity contribution in [3.63, 3.8) is 0 Å². The number of hydrogen-bond acceptors (Lipinski definition) is 2. The molecule has 0 amide bonds. The lowest BCUT2D eigenvalue weighted by atomic mass is 9.84. The molecule has 0 saturated heterocycles. The van der Waals surface area contributed by atoms with E-state index >= 15 is 0 Å². The number of pyridine rings is 2. The second-order valence-corrected chi connectivity index (χ2v) is 6.52. The van der Waals surface area contributed by atoms with Crippen LogP contribution in [0.2, 0.25) is 5.02 Å². The van der Waals surface area contributed by atoms with Gasteiger partial charge in [0, 0.05) is 23.2 Å². The van der Waals surface area contributed by atoms with Crippen molar-refractivity contribution in [3.8, 4) is 0 Å². The third-order valence-corrected chi connectivity index (χ3v) is 5.15. The minimum absolute atomic E-state index is 0.0438. The molecule has 1 unspecified atom stereocenters. The fourth-order valence-corrected chi connectivity index (χ4v) is 3.83. The summed E-state index contributed by atoms with van der Waals surface area (Å²) in [5.74, 6) is -0.200. The first-order chi connectivity index (χ1) is 11.7. The smallest absolute Gasteiger partial charge is 0.144 e. The summed E-state index contributed by atoms with van der Waals surface area (Å²) in [6.07, 6.45) is 5.72. The molecule has 0 radical (unpaired) electrons. The number of hydrogen-bond donors (Lipinski definition) is 0. The SMILES string of the molecule is C=Cc1ccc2c(Cl)c3c(nc2c1)CC(c1ncccc1F)CC3. The van der Waals surface area contributed by atoms with Gasteiger partial charge in [-0.25, -0.2) is 4.39 Å².